The first-order valence-electron chi connectivity index (χ1n) is 22.8. The van der Waals surface area contributed by atoms with Crippen LogP contribution in [0.15, 0.2) is 187 Å². The molecule has 5 atom stereocenters. The third kappa shape index (κ3) is 21.3. The first-order chi connectivity index (χ1) is 33.2. The normalized spacial score (nSPS) is 13.4. The third-order valence-electron chi connectivity index (χ3n) is 9.99. The van der Waals surface area contributed by atoms with Crippen LogP contribution in [0.25, 0.3) is 0 Å². The SMILES string of the molecule is COCCCOC(COc1ccccc1)COC(COc1ccccc1)COC(COc1ccccc1)COC(COc1ccccc1)COC(COc1ccccc1)CSc1ccccc1. The fourth-order valence-electron chi connectivity index (χ4n) is 6.38. The van der Waals surface area contributed by atoms with Gasteiger partial charge in [0.1, 0.15) is 92.3 Å². The molecular formula is C55H64O11S. The zero-order valence-corrected chi connectivity index (χ0v) is 39.1. The van der Waals surface area contributed by atoms with Gasteiger partial charge in [-0.2, -0.15) is 0 Å². The van der Waals surface area contributed by atoms with Crippen LogP contribution in [0.2, 0.25) is 0 Å². The van der Waals surface area contributed by atoms with Crippen LogP contribution >= 0.6 is 11.8 Å². The average molecular weight is 933 g/mol. The molecule has 11 nitrogen and oxygen atoms in total. The molecule has 5 unspecified atom stereocenters. The molecule has 0 N–H and O–H groups in total. The maximum absolute atomic E-state index is 6.67. The number of hydrogen-bond acceptors (Lipinski definition) is 12. The van der Waals surface area contributed by atoms with Crippen molar-refractivity contribution < 1.29 is 52.1 Å². The zero-order valence-electron chi connectivity index (χ0n) is 38.3. The van der Waals surface area contributed by atoms with Crippen molar-refractivity contribution in [2.45, 2.75) is 41.8 Å². The van der Waals surface area contributed by atoms with Crippen LogP contribution in [0.4, 0.5) is 0 Å². The third-order valence-corrected chi connectivity index (χ3v) is 11.1. The second-order valence-corrected chi connectivity index (χ2v) is 16.5. The van der Waals surface area contributed by atoms with Gasteiger partial charge in [-0.15, -0.1) is 11.8 Å². The van der Waals surface area contributed by atoms with Gasteiger partial charge in [0.2, 0.25) is 0 Å². The summed E-state index contributed by atoms with van der Waals surface area (Å²) in [6.45, 7) is 3.23. The molecule has 0 heterocycles. The second-order valence-electron chi connectivity index (χ2n) is 15.4. The van der Waals surface area contributed by atoms with Gasteiger partial charge in [-0.1, -0.05) is 109 Å². The van der Waals surface area contributed by atoms with E-state index in [-0.39, 0.29) is 58.5 Å². The summed E-state index contributed by atoms with van der Waals surface area (Å²) in [7, 11) is 1.68. The molecule has 0 radical (unpaired) electrons. The molecule has 356 valence electrons. The fourth-order valence-corrected chi connectivity index (χ4v) is 7.30. The van der Waals surface area contributed by atoms with E-state index < -0.39 is 18.3 Å². The molecule has 0 saturated heterocycles. The second kappa shape index (κ2) is 31.4. The van der Waals surface area contributed by atoms with Gasteiger partial charge in [-0.3, -0.25) is 0 Å². The lowest BCUT2D eigenvalue weighted by molar-refractivity contribution is -0.128. The lowest BCUT2D eigenvalue weighted by Gasteiger charge is -2.27. The Kier molecular flexibility index (Phi) is 23.8. The Balaban J connectivity index is 1.14. The van der Waals surface area contributed by atoms with Crippen LogP contribution < -0.4 is 23.7 Å². The molecule has 0 fully saturated rings. The van der Waals surface area contributed by atoms with Crippen molar-refractivity contribution in [1.82, 2.24) is 0 Å². The quantitative estimate of drug-likeness (QED) is 0.0280. The lowest BCUT2D eigenvalue weighted by atomic mass is 10.3. The molecule has 0 spiro atoms. The topological polar surface area (TPSA) is 102 Å². The van der Waals surface area contributed by atoms with Gasteiger partial charge in [0.05, 0.1) is 26.4 Å². The fraction of sp³-hybridized carbons (Fsp3) is 0.345. The molecular weight excluding hydrogens is 869 g/mol. The van der Waals surface area contributed by atoms with Crippen molar-refractivity contribution in [3.63, 3.8) is 0 Å². The van der Waals surface area contributed by atoms with Crippen LogP contribution in [-0.2, 0) is 28.4 Å². The Morgan fingerprint density at radius 3 is 0.925 bits per heavy atom. The first kappa shape index (κ1) is 50.8. The van der Waals surface area contributed by atoms with Crippen molar-refractivity contribution in [1.29, 1.82) is 0 Å². The number of ether oxygens (including phenoxy) is 11. The Morgan fingerprint density at radius 2 is 0.597 bits per heavy atom. The largest absolute Gasteiger partial charge is 0.491 e. The summed E-state index contributed by atoms with van der Waals surface area (Å²) in [6, 6.07) is 58.7. The highest BCUT2D eigenvalue weighted by atomic mass is 32.2. The summed E-state index contributed by atoms with van der Waals surface area (Å²) >= 11 is 1.72. The molecule has 0 aliphatic rings. The van der Waals surface area contributed by atoms with E-state index in [1.54, 1.807) is 18.9 Å². The Morgan fingerprint density at radius 1 is 0.313 bits per heavy atom. The molecule has 0 amide bonds. The van der Waals surface area contributed by atoms with Gasteiger partial charge in [0, 0.05) is 31.0 Å². The predicted molar refractivity (Wildman–Crippen MR) is 262 cm³/mol. The van der Waals surface area contributed by atoms with Crippen LogP contribution in [0.5, 0.6) is 28.7 Å². The summed E-state index contributed by atoms with van der Waals surface area (Å²) in [4.78, 5) is 1.15. The van der Waals surface area contributed by atoms with Crippen molar-refractivity contribution in [2.75, 3.05) is 85.5 Å². The average Bonchev–Trinajstić information content (AvgIpc) is 3.39. The standard InChI is InChI=1S/C55H64O11S/c1-56-33-20-34-57-50(35-58-45-21-8-2-9-22-45)36-63-51(37-59-46-23-10-3-11-24-46)40-64-52(38-60-47-25-12-4-13-26-47)41-65-53(39-61-48-27-14-5-15-28-48)42-66-54(43-62-49-29-16-6-17-30-49)44-67-55-31-18-7-19-32-55/h2-19,21-32,50-54H,20,33-44H2,1H3. The predicted octanol–water partition coefficient (Wildman–Crippen LogP) is 10.1. The highest BCUT2D eigenvalue weighted by molar-refractivity contribution is 7.99. The van der Waals surface area contributed by atoms with E-state index in [1.165, 1.54) is 0 Å². The van der Waals surface area contributed by atoms with Crippen LogP contribution in [0, 0.1) is 0 Å². The summed E-state index contributed by atoms with van der Waals surface area (Å²) in [5, 5.41) is 0. The minimum absolute atomic E-state index is 0.172. The van der Waals surface area contributed by atoms with Gasteiger partial charge in [0.25, 0.3) is 0 Å². The number of methoxy groups -OCH3 is 1. The van der Waals surface area contributed by atoms with Crippen molar-refractivity contribution >= 4 is 11.8 Å². The monoisotopic (exact) mass is 932 g/mol. The van der Waals surface area contributed by atoms with Gasteiger partial charge in [0.15, 0.2) is 0 Å². The van der Waals surface area contributed by atoms with Gasteiger partial charge < -0.3 is 52.1 Å². The zero-order chi connectivity index (χ0) is 46.2. The molecule has 0 saturated carbocycles. The minimum atomic E-state index is -0.518. The molecule has 6 aromatic carbocycles. The molecule has 67 heavy (non-hydrogen) atoms. The van der Waals surface area contributed by atoms with Crippen LogP contribution in [-0.4, -0.2) is 116 Å². The van der Waals surface area contributed by atoms with E-state index in [0.717, 1.165) is 34.3 Å². The maximum Gasteiger partial charge on any atom is 0.119 e. The molecule has 6 aromatic rings. The van der Waals surface area contributed by atoms with E-state index in [0.29, 0.717) is 37.9 Å². The van der Waals surface area contributed by atoms with E-state index >= 15 is 0 Å². The molecule has 0 aliphatic heterocycles. The van der Waals surface area contributed by atoms with Crippen LogP contribution in [0.3, 0.4) is 0 Å². The number of thioether (sulfide) groups is 1. The summed E-state index contributed by atoms with van der Waals surface area (Å²) in [5.41, 5.74) is 0. The van der Waals surface area contributed by atoms with Crippen molar-refractivity contribution in [3.8, 4) is 28.7 Å². The van der Waals surface area contributed by atoms with Crippen LogP contribution in [0.1, 0.15) is 6.42 Å². The van der Waals surface area contributed by atoms with E-state index in [9.17, 15) is 0 Å². The summed E-state index contributed by atoms with van der Waals surface area (Å²) in [5.74, 6) is 4.37. The van der Waals surface area contributed by atoms with E-state index in [4.69, 9.17) is 52.1 Å². The number of benzene rings is 6. The number of rotatable bonds is 35. The van der Waals surface area contributed by atoms with E-state index in [2.05, 4.69) is 12.1 Å². The smallest absolute Gasteiger partial charge is 0.119 e. The molecule has 6 rings (SSSR count). The van der Waals surface area contributed by atoms with Gasteiger partial charge >= 0.3 is 0 Å². The molecule has 0 bridgehead atoms. The van der Waals surface area contributed by atoms with Gasteiger partial charge in [-0.25, -0.2) is 0 Å². The number of hydrogen-bond donors (Lipinski definition) is 0. The summed E-state index contributed by atoms with van der Waals surface area (Å²) in [6.07, 6.45) is -1.37. The Labute approximate surface area is 400 Å². The Hall–Kier alpha value is -5.57. The van der Waals surface area contributed by atoms with Crippen molar-refractivity contribution in [3.05, 3.63) is 182 Å². The lowest BCUT2D eigenvalue weighted by Crippen LogP contribution is -2.39. The van der Waals surface area contributed by atoms with Gasteiger partial charge in [-0.05, 0) is 79.2 Å². The Bertz CT molecular complexity index is 2050. The number of para-hydroxylation sites is 5. The highest BCUT2D eigenvalue weighted by Gasteiger charge is 2.23. The van der Waals surface area contributed by atoms with E-state index in [1.807, 2.05) is 170 Å². The highest BCUT2D eigenvalue weighted by Crippen LogP contribution is 2.21. The molecule has 12 heteroatoms. The molecule has 0 aliphatic carbocycles. The minimum Gasteiger partial charge on any atom is -0.491 e. The molecule has 0 aromatic heterocycles. The first-order valence-corrected chi connectivity index (χ1v) is 23.8. The maximum atomic E-state index is 6.67. The summed E-state index contributed by atoms with van der Waals surface area (Å²) < 4.78 is 69.1. The van der Waals surface area contributed by atoms with Crippen molar-refractivity contribution in [2.24, 2.45) is 0 Å².